The van der Waals surface area contributed by atoms with Crippen LogP contribution >= 0.6 is 15.9 Å². The highest BCUT2D eigenvalue weighted by atomic mass is 79.9. The fraction of sp³-hybridized carbons (Fsp3) is 0. The zero-order valence-electron chi connectivity index (χ0n) is 7.57. The largest absolute Gasteiger partial charge is 0.463 e. The molecule has 0 aliphatic heterocycles. The highest BCUT2D eigenvalue weighted by molar-refractivity contribution is 9.10. The summed E-state index contributed by atoms with van der Waals surface area (Å²) in [7, 11) is 0. The standard InChI is InChI=1S/C10H6BrN3O/c11-6-4-12-10-8(6)9(13-5-14-10)7-2-1-3-15-7/h1-5H,(H,12,13,14). The van der Waals surface area contributed by atoms with Crippen LogP contribution in [0, 0.1) is 0 Å². The van der Waals surface area contributed by atoms with Crippen molar-refractivity contribution in [2.75, 3.05) is 0 Å². The van der Waals surface area contributed by atoms with Crippen molar-refractivity contribution in [1.29, 1.82) is 0 Å². The monoisotopic (exact) mass is 263 g/mol. The van der Waals surface area contributed by atoms with Crippen molar-refractivity contribution in [3.63, 3.8) is 0 Å². The van der Waals surface area contributed by atoms with E-state index in [9.17, 15) is 0 Å². The molecule has 0 amide bonds. The molecule has 0 aliphatic rings. The molecule has 4 nitrogen and oxygen atoms in total. The number of nitrogens with zero attached hydrogens (tertiary/aromatic N) is 2. The Kier molecular flexibility index (Phi) is 1.85. The van der Waals surface area contributed by atoms with Gasteiger partial charge in [0.15, 0.2) is 5.76 Å². The van der Waals surface area contributed by atoms with Gasteiger partial charge < -0.3 is 9.40 Å². The van der Waals surface area contributed by atoms with Gasteiger partial charge >= 0.3 is 0 Å². The smallest absolute Gasteiger partial charge is 0.153 e. The number of aromatic nitrogens is 3. The summed E-state index contributed by atoms with van der Waals surface area (Å²) in [6.07, 6.45) is 4.98. The van der Waals surface area contributed by atoms with Crippen LogP contribution in [0.4, 0.5) is 0 Å². The van der Waals surface area contributed by atoms with Crippen molar-refractivity contribution < 1.29 is 4.42 Å². The predicted octanol–water partition coefficient (Wildman–Crippen LogP) is 2.98. The van der Waals surface area contributed by atoms with E-state index in [1.54, 1.807) is 6.26 Å². The first-order valence-electron chi connectivity index (χ1n) is 4.38. The number of hydrogen-bond donors (Lipinski definition) is 1. The Hall–Kier alpha value is -1.62. The number of H-pyrrole nitrogens is 1. The molecule has 1 N–H and O–H groups in total. The van der Waals surface area contributed by atoms with Gasteiger partial charge in [-0.05, 0) is 28.1 Å². The maximum atomic E-state index is 5.33. The third kappa shape index (κ3) is 1.27. The van der Waals surface area contributed by atoms with Gasteiger partial charge in [-0.15, -0.1) is 0 Å². The number of halogens is 1. The third-order valence-electron chi connectivity index (χ3n) is 2.18. The van der Waals surface area contributed by atoms with Crippen LogP contribution in [0.2, 0.25) is 0 Å². The number of fused-ring (bicyclic) bond motifs is 1. The minimum Gasteiger partial charge on any atom is -0.463 e. The normalized spacial score (nSPS) is 11.0. The highest BCUT2D eigenvalue weighted by Gasteiger charge is 2.12. The fourth-order valence-electron chi connectivity index (χ4n) is 1.53. The topological polar surface area (TPSA) is 54.7 Å². The van der Waals surface area contributed by atoms with Gasteiger partial charge in [0.2, 0.25) is 0 Å². The van der Waals surface area contributed by atoms with E-state index in [2.05, 4.69) is 30.9 Å². The molecule has 15 heavy (non-hydrogen) atoms. The SMILES string of the molecule is Brc1c[nH]c2ncnc(-c3ccco3)c12. The van der Waals surface area contributed by atoms with E-state index in [0.29, 0.717) is 0 Å². The van der Waals surface area contributed by atoms with E-state index in [-0.39, 0.29) is 0 Å². The van der Waals surface area contributed by atoms with E-state index in [4.69, 9.17) is 4.42 Å². The van der Waals surface area contributed by atoms with Crippen LogP contribution in [0.5, 0.6) is 0 Å². The number of aromatic amines is 1. The van der Waals surface area contributed by atoms with Crippen molar-refractivity contribution in [1.82, 2.24) is 15.0 Å². The molecule has 0 aliphatic carbocycles. The molecule has 5 heteroatoms. The van der Waals surface area contributed by atoms with Crippen molar-refractivity contribution >= 4 is 27.0 Å². The molecule has 0 atom stereocenters. The van der Waals surface area contributed by atoms with E-state index < -0.39 is 0 Å². The van der Waals surface area contributed by atoms with Gasteiger partial charge in [0.05, 0.1) is 11.6 Å². The van der Waals surface area contributed by atoms with Crippen LogP contribution in [-0.2, 0) is 0 Å². The molecule has 0 unspecified atom stereocenters. The van der Waals surface area contributed by atoms with Crippen LogP contribution in [-0.4, -0.2) is 15.0 Å². The molecule has 0 aromatic carbocycles. The molecule has 3 aromatic heterocycles. The summed E-state index contributed by atoms with van der Waals surface area (Å²) in [4.78, 5) is 11.4. The van der Waals surface area contributed by atoms with E-state index in [1.165, 1.54) is 6.33 Å². The number of hydrogen-bond acceptors (Lipinski definition) is 3. The van der Waals surface area contributed by atoms with Gasteiger partial charge in [-0.2, -0.15) is 0 Å². The molecular weight excluding hydrogens is 258 g/mol. The number of rotatable bonds is 1. The van der Waals surface area contributed by atoms with Crippen molar-refractivity contribution in [3.8, 4) is 11.5 Å². The summed E-state index contributed by atoms with van der Waals surface area (Å²) in [6, 6.07) is 3.71. The highest BCUT2D eigenvalue weighted by Crippen LogP contribution is 2.30. The molecule has 0 bridgehead atoms. The quantitative estimate of drug-likeness (QED) is 0.735. The summed E-state index contributed by atoms with van der Waals surface area (Å²) < 4.78 is 6.26. The molecule has 0 radical (unpaired) electrons. The first kappa shape index (κ1) is 8.67. The van der Waals surface area contributed by atoms with Gasteiger partial charge in [0.1, 0.15) is 17.7 Å². The Balaban J connectivity index is 2.39. The maximum Gasteiger partial charge on any atom is 0.153 e. The Bertz CT molecular complexity index is 600. The van der Waals surface area contributed by atoms with Gasteiger partial charge in [-0.1, -0.05) is 0 Å². The lowest BCUT2D eigenvalue weighted by Crippen LogP contribution is -1.85. The van der Waals surface area contributed by atoms with E-state index in [1.807, 2.05) is 18.3 Å². The molecule has 0 spiro atoms. The molecular formula is C10H6BrN3O. The van der Waals surface area contributed by atoms with Crippen LogP contribution in [0.25, 0.3) is 22.5 Å². The van der Waals surface area contributed by atoms with Gasteiger partial charge in [-0.3, -0.25) is 0 Å². The zero-order chi connectivity index (χ0) is 10.3. The fourth-order valence-corrected chi connectivity index (χ4v) is 2.02. The van der Waals surface area contributed by atoms with E-state index >= 15 is 0 Å². The summed E-state index contributed by atoms with van der Waals surface area (Å²) >= 11 is 3.45. The second-order valence-corrected chi connectivity index (χ2v) is 3.91. The van der Waals surface area contributed by atoms with Gasteiger partial charge in [0, 0.05) is 10.7 Å². The molecule has 3 rings (SSSR count). The number of nitrogens with one attached hydrogen (secondary N) is 1. The third-order valence-corrected chi connectivity index (χ3v) is 2.80. The predicted molar refractivity (Wildman–Crippen MR) is 59.3 cm³/mol. The lowest BCUT2D eigenvalue weighted by molar-refractivity contribution is 0.580. The Labute approximate surface area is 93.5 Å². The average Bonchev–Trinajstić information content (AvgIpc) is 2.88. The second-order valence-electron chi connectivity index (χ2n) is 3.06. The first-order valence-corrected chi connectivity index (χ1v) is 5.17. The van der Waals surface area contributed by atoms with Gasteiger partial charge in [-0.25, -0.2) is 9.97 Å². The average molecular weight is 264 g/mol. The van der Waals surface area contributed by atoms with E-state index in [0.717, 1.165) is 27.0 Å². The van der Waals surface area contributed by atoms with Crippen LogP contribution in [0.1, 0.15) is 0 Å². The van der Waals surface area contributed by atoms with Crippen LogP contribution in [0.15, 0.2) is 39.8 Å². The molecule has 3 aromatic rings. The molecule has 0 fully saturated rings. The molecule has 3 heterocycles. The first-order chi connectivity index (χ1) is 7.36. The lowest BCUT2D eigenvalue weighted by Gasteiger charge is -1.97. The van der Waals surface area contributed by atoms with Crippen LogP contribution in [0.3, 0.4) is 0 Å². The Morgan fingerprint density at radius 1 is 1.33 bits per heavy atom. The molecule has 0 saturated carbocycles. The number of furan rings is 1. The van der Waals surface area contributed by atoms with Crippen molar-refractivity contribution in [3.05, 3.63) is 35.4 Å². The molecule has 0 saturated heterocycles. The van der Waals surface area contributed by atoms with Gasteiger partial charge in [0.25, 0.3) is 0 Å². The molecule has 74 valence electrons. The minimum absolute atomic E-state index is 0.739. The van der Waals surface area contributed by atoms with Crippen LogP contribution < -0.4 is 0 Å². The second kappa shape index (κ2) is 3.20. The minimum atomic E-state index is 0.739. The zero-order valence-corrected chi connectivity index (χ0v) is 9.15. The Morgan fingerprint density at radius 3 is 3.07 bits per heavy atom. The summed E-state index contributed by atoms with van der Waals surface area (Å²) in [5.41, 5.74) is 1.58. The summed E-state index contributed by atoms with van der Waals surface area (Å²) in [5.74, 6) is 0.739. The summed E-state index contributed by atoms with van der Waals surface area (Å²) in [6.45, 7) is 0. The summed E-state index contributed by atoms with van der Waals surface area (Å²) in [5, 5.41) is 0.937. The van der Waals surface area contributed by atoms with Crippen molar-refractivity contribution in [2.45, 2.75) is 0 Å². The maximum absolute atomic E-state index is 5.33. The lowest BCUT2D eigenvalue weighted by atomic mass is 10.2. The Morgan fingerprint density at radius 2 is 2.27 bits per heavy atom. The van der Waals surface area contributed by atoms with Crippen molar-refractivity contribution in [2.24, 2.45) is 0 Å².